The minimum Gasteiger partial charge on any atom is -0.329 e. The fourth-order valence-corrected chi connectivity index (χ4v) is 4.16. The summed E-state index contributed by atoms with van der Waals surface area (Å²) in [6.07, 6.45) is 14.1. The topological polar surface area (TPSA) is 17.8 Å². The Kier molecular flexibility index (Phi) is 4.29. The number of halogens is 1. The van der Waals surface area contributed by atoms with Crippen molar-refractivity contribution < 1.29 is 0 Å². The van der Waals surface area contributed by atoms with Gasteiger partial charge in [0, 0.05) is 12.4 Å². The Morgan fingerprint density at radius 3 is 2.32 bits per heavy atom. The van der Waals surface area contributed by atoms with Crippen molar-refractivity contribution in [2.75, 3.05) is 0 Å². The number of rotatable bonds is 4. The zero-order valence-electron chi connectivity index (χ0n) is 13.7. The molecular formula is C22H19ClN2. The second-order valence-corrected chi connectivity index (χ2v) is 6.74. The van der Waals surface area contributed by atoms with E-state index < -0.39 is 5.41 Å². The van der Waals surface area contributed by atoms with Crippen LogP contribution in [0, 0.1) is 0 Å². The smallest absolute Gasteiger partial charge is 0.0952 e. The Bertz CT molecular complexity index is 869. The molecule has 0 amide bonds. The molecule has 0 N–H and O–H groups in total. The van der Waals surface area contributed by atoms with Crippen molar-refractivity contribution in [3.63, 3.8) is 0 Å². The number of hydrogen-bond acceptors (Lipinski definition) is 1. The molecule has 1 aromatic heterocycles. The highest BCUT2D eigenvalue weighted by molar-refractivity contribution is 6.23. The summed E-state index contributed by atoms with van der Waals surface area (Å²) in [4.78, 5) is 4.29. The summed E-state index contributed by atoms with van der Waals surface area (Å²) in [6, 6.07) is 21.0. The van der Waals surface area contributed by atoms with Gasteiger partial charge in [0.2, 0.25) is 0 Å². The number of benzene rings is 2. The SMILES string of the molecule is ClC1C=CC=CC1(c1ccccc1)C(c1ccccc1)n1ccnc1. The monoisotopic (exact) mass is 346 g/mol. The van der Waals surface area contributed by atoms with E-state index in [2.05, 4.69) is 76.3 Å². The van der Waals surface area contributed by atoms with E-state index in [-0.39, 0.29) is 11.4 Å². The maximum atomic E-state index is 6.96. The molecule has 25 heavy (non-hydrogen) atoms. The van der Waals surface area contributed by atoms with Crippen molar-refractivity contribution in [2.24, 2.45) is 0 Å². The van der Waals surface area contributed by atoms with E-state index in [0.29, 0.717) is 0 Å². The first-order valence-corrected chi connectivity index (χ1v) is 8.84. The van der Waals surface area contributed by atoms with Crippen LogP contribution in [0.25, 0.3) is 0 Å². The van der Waals surface area contributed by atoms with Crippen LogP contribution in [-0.4, -0.2) is 14.9 Å². The first-order chi connectivity index (χ1) is 12.3. The highest BCUT2D eigenvalue weighted by Crippen LogP contribution is 2.47. The second kappa shape index (κ2) is 6.73. The molecule has 0 saturated carbocycles. The molecule has 1 aliphatic carbocycles. The third-order valence-corrected chi connectivity index (χ3v) is 5.39. The molecule has 3 heteroatoms. The molecule has 3 aromatic rings. The van der Waals surface area contributed by atoms with Gasteiger partial charge < -0.3 is 4.57 Å². The molecule has 0 fully saturated rings. The van der Waals surface area contributed by atoms with Crippen LogP contribution in [0.15, 0.2) is 104 Å². The Morgan fingerprint density at radius 2 is 1.68 bits per heavy atom. The van der Waals surface area contributed by atoms with Gasteiger partial charge in [-0.05, 0) is 11.1 Å². The minimum atomic E-state index is -0.403. The predicted molar refractivity (Wildman–Crippen MR) is 103 cm³/mol. The summed E-state index contributed by atoms with van der Waals surface area (Å²) in [5.41, 5.74) is 1.99. The Hall–Kier alpha value is -2.58. The number of hydrogen-bond donors (Lipinski definition) is 0. The van der Waals surface area contributed by atoms with Gasteiger partial charge >= 0.3 is 0 Å². The van der Waals surface area contributed by atoms with E-state index in [0.717, 1.165) is 0 Å². The van der Waals surface area contributed by atoms with Crippen LogP contribution < -0.4 is 0 Å². The van der Waals surface area contributed by atoms with Gasteiger partial charge in [0.15, 0.2) is 0 Å². The molecule has 0 spiro atoms. The van der Waals surface area contributed by atoms with Crippen LogP contribution >= 0.6 is 11.6 Å². The fraction of sp³-hybridized carbons (Fsp3) is 0.136. The van der Waals surface area contributed by atoms with Gasteiger partial charge in [-0.3, -0.25) is 0 Å². The van der Waals surface area contributed by atoms with Crippen molar-refractivity contribution >= 4 is 11.6 Å². The Balaban J connectivity index is 1.99. The van der Waals surface area contributed by atoms with Gasteiger partial charge in [-0.1, -0.05) is 85.0 Å². The second-order valence-electron chi connectivity index (χ2n) is 6.27. The molecule has 0 bridgehead atoms. The van der Waals surface area contributed by atoms with E-state index in [9.17, 15) is 0 Å². The van der Waals surface area contributed by atoms with E-state index in [1.807, 2.05) is 36.9 Å². The minimum absolute atomic E-state index is 0.00213. The number of allylic oxidation sites excluding steroid dienone is 4. The number of aromatic nitrogens is 2. The maximum absolute atomic E-state index is 6.96. The number of imidazole rings is 1. The van der Waals surface area contributed by atoms with Gasteiger partial charge in [-0.25, -0.2) is 4.98 Å². The van der Waals surface area contributed by atoms with Crippen LogP contribution in [0.4, 0.5) is 0 Å². The molecule has 0 radical (unpaired) electrons. The van der Waals surface area contributed by atoms with Crippen molar-refractivity contribution in [1.82, 2.24) is 9.55 Å². The van der Waals surface area contributed by atoms with Gasteiger partial charge in [-0.2, -0.15) is 0 Å². The lowest BCUT2D eigenvalue weighted by Gasteiger charge is -2.43. The van der Waals surface area contributed by atoms with Crippen molar-refractivity contribution in [3.8, 4) is 0 Å². The lowest BCUT2D eigenvalue weighted by Crippen LogP contribution is -2.43. The lowest BCUT2D eigenvalue weighted by molar-refractivity contribution is 0.379. The highest BCUT2D eigenvalue weighted by atomic mass is 35.5. The van der Waals surface area contributed by atoms with Crippen molar-refractivity contribution in [1.29, 1.82) is 0 Å². The Labute approximate surface area is 153 Å². The molecule has 0 aliphatic heterocycles. The number of nitrogens with zero attached hydrogens (tertiary/aromatic N) is 2. The molecule has 0 saturated heterocycles. The largest absolute Gasteiger partial charge is 0.329 e. The van der Waals surface area contributed by atoms with Gasteiger partial charge in [0.05, 0.1) is 23.2 Å². The molecule has 2 nitrogen and oxygen atoms in total. The third-order valence-electron chi connectivity index (χ3n) is 4.88. The number of alkyl halides is 1. The van der Waals surface area contributed by atoms with Crippen LogP contribution in [-0.2, 0) is 5.41 Å². The quantitative estimate of drug-likeness (QED) is 0.598. The van der Waals surface area contributed by atoms with E-state index in [4.69, 9.17) is 11.6 Å². The summed E-state index contributed by atoms with van der Waals surface area (Å²) >= 11 is 6.96. The summed E-state index contributed by atoms with van der Waals surface area (Å²) < 4.78 is 2.15. The normalized spacial score (nSPS) is 23.5. The first-order valence-electron chi connectivity index (χ1n) is 8.40. The molecule has 3 atom stereocenters. The molecule has 124 valence electrons. The summed E-state index contributed by atoms with van der Waals surface area (Å²) in [6.45, 7) is 0. The van der Waals surface area contributed by atoms with Crippen molar-refractivity contribution in [3.05, 3.63) is 115 Å². The average Bonchev–Trinajstić information content (AvgIpc) is 3.19. The van der Waals surface area contributed by atoms with Gasteiger partial charge in [0.1, 0.15) is 0 Å². The molecular weight excluding hydrogens is 328 g/mol. The summed E-state index contributed by atoms with van der Waals surface area (Å²) in [5, 5.41) is -0.174. The summed E-state index contributed by atoms with van der Waals surface area (Å²) in [7, 11) is 0. The van der Waals surface area contributed by atoms with Crippen LogP contribution in [0.2, 0.25) is 0 Å². The zero-order valence-corrected chi connectivity index (χ0v) is 14.5. The third kappa shape index (κ3) is 2.73. The van der Waals surface area contributed by atoms with E-state index in [1.54, 1.807) is 0 Å². The first kappa shape index (κ1) is 15.9. The summed E-state index contributed by atoms with van der Waals surface area (Å²) in [5.74, 6) is 0. The average molecular weight is 347 g/mol. The van der Waals surface area contributed by atoms with Gasteiger partial charge in [-0.15, -0.1) is 11.6 Å². The van der Waals surface area contributed by atoms with Crippen molar-refractivity contribution in [2.45, 2.75) is 16.8 Å². The molecule has 1 heterocycles. The van der Waals surface area contributed by atoms with Crippen LogP contribution in [0.5, 0.6) is 0 Å². The van der Waals surface area contributed by atoms with Crippen LogP contribution in [0.1, 0.15) is 17.2 Å². The van der Waals surface area contributed by atoms with E-state index in [1.165, 1.54) is 11.1 Å². The maximum Gasteiger partial charge on any atom is 0.0952 e. The van der Waals surface area contributed by atoms with E-state index >= 15 is 0 Å². The zero-order chi connectivity index (χ0) is 17.1. The standard InChI is InChI=1S/C22H19ClN2/c23-20-13-7-8-14-22(20,19-11-5-2-6-12-19)21(25-16-15-24-17-25)18-9-3-1-4-10-18/h1-17,20-21H. The Morgan fingerprint density at radius 1 is 0.960 bits per heavy atom. The molecule has 3 unspecified atom stereocenters. The predicted octanol–water partition coefficient (Wildman–Crippen LogP) is 5.14. The molecule has 4 rings (SSSR count). The molecule has 2 aromatic carbocycles. The van der Waals surface area contributed by atoms with Crippen LogP contribution in [0.3, 0.4) is 0 Å². The lowest BCUT2D eigenvalue weighted by atomic mass is 9.67. The molecule has 1 aliphatic rings. The fourth-order valence-electron chi connectivity index (χ4n) is 3.76. The van der Waals surface area contributed by atoms with Gasteiger partial charge in [0.25, 0.3) is 0 Å². The highest BCUT2D eigenvalue weighted by Gasteiger charge is 2.45.